The second-order valence-electron chi connectivity index (χ2n) is 4.45. The molecule has 0 aliphatic heterocycles. The van der Waals surface area contributed by atoms with Crippen LogP contribution in [0.5, 0.6) is 0 Å². The largest absolute Gasteiger partial charge is 0.0622 e. The first-order valence-electron chi connectivity index (χ1n) is 6.24. The van der Waals surface area contributed by atoms with Gasteiger partial charge in [-0.05, 0) is 34.4 Å². The molecule has 3 rings (SSSR count). The zero-order valence-electron chi connectivity index (χ0n) is 10.4. The molecular formula is C18H13Br. The molecule has 0 nitrogen and oxygen atoms in total. The molecule has 0 spiro atoms. The summed E-state index contributed by atoms with van der Waals surface area (Å²) in [4.78, 5) is 0. The van der Waals surface area contributed by atoms with Crippen LogP contribution in [0.4, 0.5) is 0 Å². The maximum absolute atomic E-state index is 3.46. The van der Waals surface area contributed by atoms with E-state index < -0.39 is 0 Å². The van der Waals surface area contributed by atoms with Crippen LogP contribution < -0.4 is 0 Å². The number of benzene rings is 3. The predicted molar refractivity (Wildman–Crippen MR) is 85.0 cm³/mol. The van der Waals surface area contributed by atoms with Crippen molar-refractivity contribution in [3.8, 4) is 22.3 Å². The third-order valence-corrected chi connectivity index (χ3v) is 3.70. The Morgan fingerprint density at radius 3 is 1.26 bits per heavy atom. The summed E-state index contributed by atoms with van der Waals surface area (Å²) in [5, 5.41) is 0. The van der Waals surface area contributed by atoms with Crippen molar-refractivity contribution >= 4 is 15.9 Å². The van der Waals surface area contributed by atoms with Gasteiger partial charge in [-0.3, -0.25) is 0 Å². The molecule has 0 atom stereocenters. The van der Waals surface area contributed by atoms with Gasteiger partial charge in [0.1, 0.15) is 0 Å². The molecule has 0 fully saturated rings. The smallest absolute Gasteiger partial charge is 0.0175 e. The first-order chi connectivity index (χ1) is 9.33. The van der Waals surface area contributed by atoms with E-state index in [9.17, 15) is 0 Å². The lowest BCUT2D eigenvalue weighted by molar-refractivity contribution is 1.58. The van der Waals surface area contributed by atoms with Crippen molar-refractivity contribution in [1.82, 2.24) is 0 Å². The van der Waals surface area contributed by atoms with Crippen LogP contribution in [0.25, 0.3) is 22.3 Å². The molecule has 19 heavy (non-hydrogen) atoms. The third kappa shape index (κ3) is 2.77. The van der Waals surface area contributed by atoms with Gasteiger partial charge in [0.25, 0.3) is 0 Å². The summed E-state index contributed by atoms with van der Waals surface area (Å²) in [5.41, 5.74) is 4.99. The molecule has 0 radical (unpaired) electrons. The Hall–Kier alpha value is -1.86. The van der Waals surface area contributed by atoms with E-state index in [1.54, 1.807) is 0 Å². The Morgan fingerprint density at radius 2 is 0.789 bits per heavy atom. The third-order valence-electron chi connectivity index (χ3n) is 3.17. The van der Waals surface area contributed by atoms with Crippen molar-refractivity contribution in [1.29, 1.82) is 0 Å². The highest BCUT2D eigenvalue weighted by Gasteiger charge is 1.99. The van der Waals surface area contributed by atoms with Gasteiger partial charge in [-0.2, -0.15) is 0 Å². The summed E-state index contributed by atoms with van der Waals surface area (Å²) in [6, 6.07) is 27.5. The molecular weight excluding hydrogens is 296 g/mol. The van der Waals surface area contributed by atoms with Crippen molar-refractivity contribution in [2.75, 3.05) is 0 Å². The van der Waals surface area contributed by atoms with Gasteiger partial charge in [0.2, 0.25) is 0 Å². The molecule has 0 unspecified atom stereocenters. The quantitative estimate of drug-likeness (QED) is 0.562. The van der Waals surface area contributed by atoms with E-state index in [4.69, 9.17) is 0 Å². The fraction of sp³-hybridized carbons (Fsp3) is 0. The van der Waals surface area contributed by atoms with Gasteiger partial charge >= 0.3 is 0 Å². The van der Waals surface area contributed by atoms with Crippen molar-refractivity contribution < 1.29 is 0 Å². The fourth-order valence-electron chi connectivity index (χ4n) is 2.13. The van der Waals surface area contributed by atoms with Crippen LogP contribution in [0.2, 0.25) is 0 Å². The van der Waals surface area contributed by atoms with Crippen molar-refractivity contribution in [2.24, 2.45) is 0 Å². The Balaban J connectivity index is 1.93. The van der Waals surface area contributed by atoms with Gasteiger partial charge in [-0.15, -0.1) is 0 Å². The van der Waals surface area contributed by atoms with Crippen molar-refractivity contribution in [3.05, 3.63) is 83.3 Å². The number of rotatable bonds is 2. The van der Waals surface area contributed by atoms with Gasteiger partial charge in [0.15, 0.2) is 0 Å². The molecule has 92 valence electrons. The van der Waals surface area contributed by atoms with E-state index in [2.05, 4.69) is 88.7 Å². The van der Waals surface area contributed by atoms with Gasteiger partial charge in [0.05, 0.1) is 0 Å². The fourth-order valence-corrected chi connectivity index (χ4v) is 2.39. The lowest BCUT2D eigenvalue weighted by atomic mass is 10.0. The highest BCUT2D eigenvalue weighted by Crippen LogP contribution is 2.25. The maximum atomic E-state index is 3.46. The summed E-state index contributed by atoms with van der Waals surface area (Å²) in [6.45, 7) is 0. The molecule has 0 bridgehead atoms. The highest BCUT2D eigenvalue weighted by atomic mass is 79.9. The molecule has 3 aromatic rings. The number of hydrogen-bond acceptors (Lipinski definition) is 0. The second kappa shape index (κ2) is 5.41. The van der Waals surface area contributed by atoms with E-state index >= 15 is 0 Å². The molecule has 0 aromatic heterocycles. The SMILES string of the molecule is Brc1ccc(-c2ccc(-c3ccccc3)cc2)cc1. The van der Waals surface area contributed by atoms with Crippen LogP contribution in [0.1, 0.15) is 0 Å². The van der Waals surface area contributed by atoms with Crippen molar-refractivity contribution in [3.63, 3.8) is 0 Å². The van der Waals surface area contributed by atoms with Crippen LogP contribution in [0.15, 0.2) is 83.3 Å². The Bertz CT molecular complexity index is 652. The van der Waals surface area contributed by atoms with Crippen molar-refractivity contribution in [2.45, 2.75) is 0 Å². The number of halogens is 1. The zero-order valence-corrected chi connectivity index (χ0v) is 12.0. The minimum Gasteiger partial charge on any atom is -0.0622 e. The molecule has 0 saturated carbocycles. The molecule has 0 aliphatic carbocycles. The normalized spacial score (nSPS) is 10.4. The molecule has 3 aromatic carbocycles. The van der Waals surface area contributed by atoms with E-state index in [-0.39, 0.29) is 0 Å². The van der Waals surface area contributed by atoms with E-state index in [0.29, 0.717) is 0 Å². The molecule has 0 heterocycles. The Kier molecular flexibility index (Phi) is 3.47. The first-order valence-corrected chi connectivity index (χ1v) is 7.04. The molecule has 1 heteroatoms. The van der Waals surface area contributed by atoms with E-state index in [0.717, 1.165) is 4.47 Å². The first kappa shape index (κ1) is 12.2. The van der Waals surface area contributed by atoms with Crippen LogP contribution >= 0.6 is 15.9 Å². The zero-order chi connectivity index (χ0) is 13.1. The maximum Gasteiger partial charge on any atom is 0.0175 e. The van der Waals surface area contributed by atoms with Crippen LogP contribution in [0, 0.1) is 0 Å². The predicted octanol–water partition coefficient (Wildman–Crippen LogP) is 5.78. The second-order valence-corrected chi connectivity index (χ2v) is 5.37. The topological polar surface area (TPSA) is 0 Å². The van der Waals surface area contributed by atoms with Gasteiger partial charge in [-0.1, -0.05) is 82.7 Å². The molecule has 0 N–H and O–H groups in total. The van der Waals surface area contributed by atoms with Crippen LogP contribution in [-0.2, 0) is 0 Å². The summed E-state index contributed by atoms with van der Waals surface area (Å²) < 4.78 is 1.11. The minimum absolute atomic E-state index is 1.11. The Labute approximate surface area is 121 Å². The van der Waals surface area contributed by atoms with Crippen LogP contribution in [0.3, 0.4) is 0 Å². The lowest BCUT2D eigenvalue weighted by Gasteiger charge is -2.05. The summed E-state index contributed by atoms with van der Waals surface area (Å²) in [5.74, 6) is 0. The van der Waals surface area contributed by atoms with Gasteiger partial charge < -0.3 is 0 Å². The molecule has 0 saturated heterocycles. The number of hydrogen-bond donors (Lipinski definition) is 0. The average Bonchev–Trinajstić information content (AvgIpc) is 2.49. The van der Waals surface area contributed by atoms with Gasteiger partial charge in [0, 0.05) is 4.47 Å². The van der Waals surface area contributed by atoms with Crippen LogP contribution in [-0.4, -0.2) is 0 Å². The standard InChI is InChI=1S/C18H13Br/c19-18-12-10-17(11-13-18)16-8-6-15(7-9-16)14-4-2-1-3-5-14/h1-13H. The summed E-state index contributed by atoms with van der Waals surface area (Å²) in [6.07, 6.45) is 0. The monoisotopic (exact) mass is 308 g/mol. The van der Waals surface area contributed by atoms with E-state index in [1.807, 2.05) is 6.07 Å². The Morgan fingerprint density at radius 1 is 0.421 bits per heavy atom. The lowest BCUT2D eigenvalue weighted by Crippen LogP contribution is -1.80. The summed E-state index contributed by atoms with van der Waals surface area (Å²) >= 11 is 3.46. The summed E-state index contributed by atoms with van der Waals surface area (Å²) in [7, 11) is 0. The average molecular weight is 309 g/mol. The molecule has 0 amide bonds. The van der Waals surface area contributed by atoms with Gasteiger partial charge in [-0.25, -0.2) is 0 Å². The minimum atomic E-state index is 1.11. The highest BCUT2D eigenvalue weighted by molar-refractivity contribution is 9.10. The molecule has 0 aliphatic rings. The van der Waals surface area contributed by atoms with E-state index in [1.165, 1.54) is 22.3 Å².